The molecule has 1 aromatic heterocycles. The van der Waals surface area contributed by atoms with Gasteiger partial charge in [-0.3, -0.25) is 4.79 Å². The van der Waals surface area contributed by atoms with E-state index in [1.807, 2.05) is 4.90 Å². The molecule has 1 saturated heterocycles. The number of aryl methyl sites for hydroxylation is 2. The van der Waals surface area contributed by atoms with Gasteiger partial charge in [0.05, 0.1) is 9.87 Å². The second-order valence-corrected chi connectivity index (χ2v) is 7.71. The van der Waals surface area contributed by atoms with Crippen LogP contribution < -0.4 is 5.73 Å². The number of rotatable bonds is 2. The number of nitrogens with zero attached hydrogens (tertiary/aromatic N) is 1. The highest BCUT2D eigenvalue weighted by Crippen LogP contribution is 2.34. The number of fused-ring (bicyclic) bond motifs is 1. The third-order valence-electron chi connectivity index (χ3n) is 4.71. The van der Waals surface area contributed by atoms with Crippen molar-refractivity contribution in [1.29, 1.82) is 0 Å². The second kappa shape index (κ2) is 5.11. The van der Waals surface area contributed by atoms with Crippen LogP contribution in [0.2, 0.25) is 0 Å². The van der Waals surface area contributed by atoms with Crippen molar-refractivity contribution < 1.29 is 4.79 Å². The average molecular weight is 308 g/mol. The van der Waals surface area contributed by atoms with E-state index in [4.69, 9.17) is 18.0 Å². The van der Waals surface area contributed by atoms with Gasteiger partial charge in [-0.25, -0.2) is 0 Å². The summed E-state index contributed by atoms with van der Waals surface area (Å²) in [6, 6.07) is 2.11. The summed E-state index contributed by atoms with van der Waals surface area (Å²) in [5, 5.41) is 0. The van der Waals surface area contributed by atoms with Crippen molar-refractivity contribution in [3.8, 4) is 0 Å². The lowest BCUT2D eigenvalue weighted by Crippen LogP contribution is -2.46. The summed E-state index contributed by atoms with van der Waals surface area (Å²) in [7, 11) is 0. The smallest absolute Gasteiger partial charge is 0.263 e. The van der Waals surface area contributed by atoms with Gasteiger partial charge in [0.25, 0.3) is 5.91 Å². The molecular formula is C15H20N2OS2. The van der Waals surface area contributed by atoms with E-state index in [0.29, 0.717) is 4.99 Å². The Kier molecular flexibility index (Phi) is 3.58. The molecule has 20 heavy (non-hydrogen) atoms. The molecule has 0 saturated carbocycles. The molecule has 1 aliphatic carbocycles. The van der Waals surface area contributed by atoms with Gasteiger partial charge in [-0.1, -0.05) is 19.1 Å². The van der Waals surface area contributed by atoms with Crippen molar-refractivity contribution in [3.05, 3.63) is 21.4 Å². The minimum Gasteiger partial charge on any atom is -0.393 e. The summed E-state index contributed by atoms with van der Waals surface area (Å²) in [5.41, 5.74) is 7.12. The van der Waals surface area contributed by atoms with Gasteiger partial charge in [-0.2, -0.15) is 0 Å². The zero-order valence-corrected chi connectivity index (χ0v) is 13.4. The Morgan fingerprint density at radius 1 is 1.40 bits per heavy atom. The second-order valence-electron chi connectivity index (χ2n) is 6.13. The van der Waals surface area contributed by atoms with Gasteiger partial charge in [0.1, 0.15) is 0 Å². The number of thiocarbonyl (C=S) groups is 1. The SMILES string of the molecule is CC1(C(N)=S)CCN(C(=O)c2cc3c(s2)CCC3)CC1. The molecule has 1 aromatic rings. The highest BCUT2D eigenvalue weighted by Gasteiger charge is 2.35. The highest BCUT2D eigenvalue weighted by molar-refractivity contribution is 7.80. The van der Waals surface area contributed by atoms with E-state index < -0.39 is 0 Å². The first-order valence-corrected chi connectivity index (χ1v) is 8.43. The van der Waals surface area contributed by atoms with Crippen LogP contribution in [0.4, 0.5) is 0 Å². The largest absolute Gasteiger partial charge is 0.393 e. The van der Waals surface area contributed by atoms with E-state index in [9.17, 15) is 4.79 Å². The van der Waals surface area contributed by atoms with Gasteiger partial charge in [-0.05, 0) is 43.7 Å². The molecule has 0 spiro atoms. The maximum Gasteiger partial charge on any atom is 0.263 e. The summed E-state index contributed by atoms with van der Waals surface area (Å²) in [5.74, 6) is 0.189. The first-order chi connectivity index (χ1) is 9.49. The summed E-state index contributed by atoms with van der Waals surface area (Å²) >= 11 is 6.84. The molecule has 1 aliphatic heterocycles. The number of carbonyl (C=O) groups is 1. The third kappa shape index (κ3) is 2.37. The molecule has 0 bridgehead atoms. The van der Waals surface area contributed by atoms with Crippen molar-refractivity contribution in [2.75, 3.05) is 13.1 Å². The van der Waals surface area contributed by atoms with Crippen LogP contribution in [0.5, 0.6) is 0 Å². The lowest BCUT2D eigenvalue weighted by molar-refractivity contribution is 0.0675. The van der Waals surface area contributed by atoms with E-state index >= 15 is 0 Å². The molecule has 0 atom stereocenters. The minimum atomic E-state index is -0.0800. The molecule has 0 unspecified atom stereocenters. The fourth-order valence-electron chi connectivity index (χ4n) is 3.04. The van der Waals surface area contributed by atoms with Crippen LogP contribution >= 0.6 is 23.6 Å². The molecule has 108 valence electrons. The zero-order valence-electron chi connectivity index (χ0n) is 11.8. The molecule has 2 heterocycles. The van der Waals surface area contributed by atoms with Gasteiger partial charge in [0.15, 0.2) is 0 Å². The highest BCUT2D eigenvalue weighted by atomic mass is 32.1. The quantitative estimate of drug-likeness (QED) is 0.855. The molecule has 1 fully saturated rings. The molecule has 1 amide bonds. The predicted octanol–water partition coefficient (Wildman–Crippen LogP) is 2.77. The Hall–Kier alpha value is -0.940. The molecule has 5 heteroatoms. The zero-order chi connectivity index (χ0) is 14.3. The summed E-state index contributed by atoms with van der Waals surface area (Å²) in [4.78, 5) is 17.4. The number of nitrogens with two attached hydrogens (primary N) is 1. The van der Waals surface area contributed by atoms with Crippen molar-refractivity contribution in [2.45, 2.75) is 39.0 Å². The number of thiophene rings is 1. The van der Waals surface area contributed by atoms with Crippen LogP contribution in [-0.4, -0.2) is 28.9 Å². The fraction of sp³-hybridized carbons (Fsp3) is 0.600. The number of likely N-dealkylation sites (tertiary alicyclic amines) is 1. The Labute approximate surface area is 129 Å². The topological polar surface area (TPSA) is 46.3 Å². The van der Waals surface area contributed by atoms with Crippen LogP contribution in [-0.2, 0) is 12.8 Å². The number of carbonyl (C=O) groups excluding carboxylic acids is 1. The molecule has 3 rings (SSSR count). The number of hydrogen-bond acceptors (Lipinski definition) is 3. The standard InChI is InChI=1S/C15H20N2OS2/c1-15(14(16)19)5-7-17(8-6-15)13(18)12-9-10-3-2-4-11(10)20-12/h9H,2-8H2,1H3,(H2,16,19). The molecule has 2 N–H and O–H groups in total. The number of amides is 1. The van der Waals surface area contributed by atoms with E-state index in [2.05, 4.69) is 13.0 Å². The fourth-order valence-corrected chi connectivity index (χ4v) is 4.47. The molecule has 0 aromatic carbocycles. The lowest BCUT2D eigenvalue weighted by Gasteiger charge is -2.38. The van der Waals surface area contributed by atoms with Gasteiger partial charge in [0.2, 0.25) is 0 Å². The van der Waals surface area contributed by atoms with Crippen LogP contribution in [0.1, 0.15) is 46.3 Å². The van der Waals surface area contributed by atoms with Crippen LogP contribution in [0.25, 0.3) is 0 Å². The molecule has 2 aliphatic rings. The van der Waals surface area contributed by atoms with Crippen molar-refractivity contribution in [3.63, 3.8) is 0 Å². The third-order valence-corrected chi connectivity index (χ3v) is 6.42. The van der Waals surface area contributed by atoms with E-state index in [0.717, 1.165) is 43.6 Å². The maximum absolute atomic E-state index is 12.6. The number of hydrogen-bond donors (Lipinski definition) is 1. The van der Waals surface area contributed by atoms with Crippen LogP contribution in [0.15, 0.2) is 6.07 Å². The Bertz CT molecular complexity index is 535. The maximum atomic E-state index is 12.6. The number of piperidine rings is 1. The van der Waals surface area contributed by atoms with Gasteiger partial charge >= 0.3 is 0 Å². The van der Waals surface area contributed by atoms with E-state index in [1.54, 1.807) is 11.3 Å². The Balaban J connectivity index is 1.68. The minimum absolute atomic E-state index is 0.0800. The Morgan fingerprint density at radius 3 is 2.70 bits per heavy atom. The first-order valence-electron chi connectivity index (χ1n) is 7.20. The van der Waals surface area contributed by atoms with Crippen LogP contribution in [0.3, 0.4) is 0 Å². The summed E-state index contributed by atoms with van der Waals surface area (Å²) in [6.45, 7) is 3.63. The first kappa shape index (κ1) is 14.0. The van der Waals surface area contributed by atoms with Gasteiger partial charge in [0, 0.05) is 23.4 Å². The van der Waals surface area contributed by atoms with Crippen molar-refractivity contribution in [2.24, 2.45) is 11.1 Å². The van der Waals surface area contributed by atoms with E-state index in [1.165, 1.54) is 16.9 Å². The summed E-state index contributed by atoms with van der Waals surface area (Å²) < 4.78 is 0. The van der Waals surface area contributed by atoms with Crippen molar-refractivity contribution in [1.82, 2.24) is 4.90 Å². The molecule has 3 nitrogen and oxygen atoms in total. The monoisotopic (exact) mass is 308 g/mol. The normalized spacial score (nSPS) is 20.8. The Morgan fingerprint density at radius 2 is 2.10 bits per heavy atom. The predicted molar refractivity (Wildman–Crippen MR) is 86.4 cm³/mol. The molecular weight excluding hydrogens is 288 g/mol. The van der Waals surface area contributed by atoms with Crippen molar-refractivity contribution >= 4 is 34.5 Å². The van der Waals surface area contributed by atoms with E-state index in [-0.39, 0.29) is 11.3 Å². The average Bonchev–Trinajstić information content (AvgIpc) is 2.99. The van der Waals surface area contributed by atoms with Gasteiger partial charge in [-0.15, -0.1) is 11.3 Å². The van der Waals surface area contributed by atoms with Crippen LogP contribution in [0, 0.1) is 5.41 Å². The lowest BCUT2D eigenvalue weighted by atomic mass is 9.80. The summed E-state index contributed by atoms with van der Waals surface area (Å²) in [6.07, 6.45) is 5.27. The molecule has 0 radical (unpaired) electrons. The van der Waals surface area contributed by atoms with Gasteiger partial charge < -0.3 is 10.6 Å².